The van der Waals surface area contributed by atoms with Gasteiger partial charge in [0.15, 0.2) is 5.65 Å². The van der Waals surface area contributed by atoms with Crippen molar-refractivity contribution in [2.75, 3.05) is 7.11 Å². The van der Waals surface area contributed by atoms with Crippen LogP contribution in [0.4, 0.5) is 4.79 Å². The molecule has 0 amide bonds. The number of hydrogen-bond donors (Lipinski definition) is 0. The average molecular weight is 476 g/mol. The van der Waals surface area contributed by atoms with Crippen molar-refractivity contribution >= 4 is 39.8 Å². The van der Waals surface area contributed by atoms with Gasteiger partial charge in [-0.3, -0.25) is 0 Å². The van der Waals surface area contributed by atoms with Gasteiger partial charge in [0.25, 0.3) is 0 Å². The first-order chi connectivity index (χ1) is 12.8. The highest BCUT2D eigenvalue weighted by molar-refractivity contribution is 14.1. The van der Waals surface area contributed by atoms with Crippen LogP contribution in [0, 0.1) is 15.4 Å². The minimum Gasteiger partial charge on any atom is -0.481 e. The minimum absolute atomic E-state index is 0.435. The number of pyridine rings is 1. The van der Waals surface area contributed by atoms with Gasteiger partial charge in [0, 0.05) is 24.0 Å². The van der Waals surface area contributed by atoms with E-state index in [2.05, 4.69) is 49.4 Å². The lowest BCUT2D eigenvalue weighted by atomic mass is 10.2. The molecule has 0 atom stereocenters. The van der Waals surface area contributed by atoms with Crippen molar-refractivity contribution in [2.45, 2.75) is 26.4 Å². The molecule has 138 valence electrons. The molecule has 3 rings (SSSR count). The summed E-state index contributed by atoms with van der Waals surface area (Å²) in [5.74, 6) is 6.47. The molecular formula is C19H17IN4O3. The van der Waals surface area contributed by atoms with Gasteiger partial charge in [0.05, 0.1) is 16.9 Å². The lowest BCUT2D eigenvalue weighted by Crippen LogP contribution is -2.26. The van der Waals surface area contributed by atoms with Gasteiger partial charge >= 0.3 is 6.09 Å². The maximum absolute atomic E-state index is 12.4. The highest BCUT2D eigenvalue weighted by Gasteiger charge is 2.21. The van der Waals surface area contributed by atoms with E-state index in [1.807, 2.05) is 20.8 Å². The molecule has 27 heavy (non-hydrogen) atoms. The van der Waals surface area contributed by atoms with E-state index in [-0.39, 0.29) is 0 Å². The second kappa shape index (κ2) is 7.52. The fourth-order valence-electron chi connectivity index (χ4n) is 2.20. The van der Waals surface area contributed by atoms with E-state index < -0.39 is 11.7 Å². The Balaban J connectivity index is 1.94. The van der Waals surface area contributed by atoms with Crippen molar-refractivity contribution in [3.8, 4) is 17.7 Å². The highest BCUT2D eigenvalue weighted by Crippen LogP contribution is 2.21. The summed E-state index contributed by atoms with van der Waals surface area (Å²) in [5.41, 5.74) is 1.69. The van der Waals surface area contributed by atoms with E-state index >= 15 is 0 Å². The summed E-state index contributed by atoms with van der Waals surface area (Å²) in [6.07, 6.45) is 4.32. The van der Waals surface area contributed by atoms with E-state index in [0.717, 1.165) is 9.13 Å². The van der Waals surface area contributed by atoms with Gasteiger partial charge in [-0.15, -0.1) is 0 Å². The van der Waals surface area contributed by atoms with E-state index in [1.165, 1.54) is 10.8 Å². The average Bonchev–Trinajstić information content (AvgIpc) is 2.95. The smallest absolute Gasteiger partial charge is 0.420 e. The fourth-order valence-corrected chi connectivity index (χ4v) is 2.84. The number of hydrogen-bond acceptors (Lipinski definition) is 6. The van der Waals surface area contributed by atoms with E-state index in [0.29, 0.717) is 22.7 Å². The van der Waals surface area contributed by atoms with Gasteiger partial charge in [-0.1, -0.05) is 5.92 Å². The summed E-state index contributed by atoms with van der Waals surface area (Å²) in [7, 11) is 1.55. The number of aromatic nitrogens is 4. The molecule has 7 nitrogen and oxygen atoms in total. The number of carbonyl (C=O) groups excluding carboxylic acids is 1. The molecule has 0 aliphatic carbocycles. The lowest BCUT2D eigenvalue weighted by molar-refractivity contribution is 0.0543. The highest BCUT2D eigenvalue weighted by atomic mass is 127. The van der Waals surface area contributed by atoms with Crippen molar-refractivity contribution in [1.82, 2.24) is 19.5 Å². The summed E-state index contributed by atoms with van der Waals surface area (Å²) >= 11 is 2.11. The Hall–Kier alpha value is -2.67. The second-order valence-corrected chi connectivity index (χ2v) is 7.75. The Morgan fingerprint density at radius 1 is 1.26 bits per heavy atom. The standard InChI is InChI=1S/C19H17IN4O3/c1-19(2,3)27-18(25)24-11-14(20)16-17(24)22-10-13(23-16)6-5-12-7-8-21-15(9-12)26-4/h7-11H,1-4H3. The fraction of sp³-hybridized carbons (Fsp3) is 0.263. The monoisotopic (exact) mass is 476 g/mol. The van der Waals surface area contributed by atoms with Gasteiger partial charge in [0.2, 0.25) is 5.88 Å². The van der Waals surface area contributed by atoms with E-state index in [9.17, 15) is 4.79 Å². The van der Waals surface area contributed by atoms with Gasteiger partial charge < -0.3 is 9.47 Å². The molecule has 0 aliphatic heterocycles. The number of nitrogens with zero attached hydrogens (tertiary/aromatic N) is 4. The van der Waals surface area contributed by atoms with Crippen LogP contribution in [-0.4, -0.2) is 38.3 Å². The van der Waals surface area contributed by atoms with Crippen LogP contribution >= 0.6 is 22.6 Å². The van der Waals surface area contributed by atoms with E-state index in [4.69, 9.17) is 9.47 Å². The third-order valence-corrected chi connectivity index (χ3v) is 4.11. The quantitative estimate of drug-likeness (QED) is 0.395. The van der Waals surface area contributed by atoms with Crippen molar-refractivity contribution in [2.24, 2.45) is 0 Å². The third-order valence-electron chi connectivity index (χ3n) is 3.32. The molecular weight excluding hydrogens is 459 g/mol. The van der Waals surface area contributed by atoms with Crippen LogP contribution < -0.4 is 4.74 Å². The summed E-state index contributed by atoms with van der Waals surface area (Å²) in [6, 6.07) is 3.52. The molecule has 0 saturated heterocycles. The Morgan fingerprint density at radius 3 is 2.74 bits per heavy atom. The SMILES string of the molecule is COc1cc(C#Cc2cnc3c(n2)c(I)cn3C(=O)OC(C)(C)C)ccn1. The summed E-state index contributed by atoms with van der Waals surface area (Å²) in [4.78, 5) is 25.3. The number of ether oxygens (including phenoxy) is 2. The van der Waals surface area contributed by atoms with Gasteiger partial charge in [-0.05, 0) is 55.3 Å². The number of methoxy groups -OCH3 is 1. The Kier molecular flexibility index (Phi) is 5.32. The zero-order valence-electron chi connectivity index (χ0n) is 15.3. The second-order valence-electron chi connectivity index (χ2n) is 6.59. The molecule has 0 aliphatic rings. The van der Waals surface area contributed by atoms with Crippen LogP contribution in [0.2, 0.25) is 0 Å². The van der Waals surface area contributed by atoms with Crippen LogP contribution in [-0.2, 0) is 4.74 Å². The molecule has 0 saturated carbocycles. The van der Waals surface area contributed by atoms with Crippen molar-refractivity contribution in [1.29, 1.82) is 0 Å². The van der Waals surface area contributed by atoms with Crippen LogP contribution in [0.3, 0.4) is 0 Å². The molecule has 3 aromatic heterocycles. The molecule has 3 heterocycles. The van der Waals surface area contributed by atoms with Crippen molar-refractivity contribution in [3.05, 3.63) is 45.6 Å². The molecule has 0 aromatic carbocycles. The van der Waals surface area contributed by atoms with Crippen LogP contribution in [0.15, 0.2) is 30.7 Å². The third kappa shape index (κ3) is 4.54. The lowest BCUT2D eigenvalue weighted by Gasteiger charge is -2.19. The topological polar surface area (TPSA) is 79.1 Å². The predicted octanol–water partition coefficient (Wildman–Crippen LogP) is 3.62. The van der Waals surface area contributed by atoms with Crippen LogP contribution in [0.5, 0.6) is 5.88 Å². The molecule has 0 N–H and O–H groups in total. The number of fused-ring (bicyclic) bond motifs is 1. The predicted molar refractivity (Wildman–Crippen MR) is 109 cm³/mol. The van der Waals surface area contributed by atoms with Crippen molar-refractivity contribution in [3.63, 3.8) is 0 Å². The Bertz CT molecular complexity index is 1070. The van der Waals surface area contributed by atoms with Crippen molar-refractivity contribution < 1.29 is 14.3 Å². The first kappa shape index (κ1) is 19.1. The van der Waals surface area contributed by atoms with Gasteiger partial charge in [-0.2, -0.15) is 0 Å². The zero-order chi connectivity index (χ0) is 19.6. The van der Waals surface area contributed by atoms with Crippen LogP contribution in [0.25, 0.3) is 11.2 Å². The number of carbonyl (C=O) groups is 1. The first-order valence-corrected chi connectivity index (χ1v) is 9.14. The zero-order valence-corrected chi connectivity index (χ0v) is 17.4. The molecule has 0 radical (unpaired) electrons. The molecule has 0 fully saturated rings. The first-order valence-electron chi connectivity index (χ1n) is 8.06. The van der Waals surface area contributed by atoms with E-state index in [1.54, 1.807) is 31.6 Å². The Morgan fingerprint density at radius 2 is 2.04 bits per heavy atom. The Labute approximate surface area is 170 Å². The number of rotatable bonds is 1. The maximum Gasteiger partial charge on any atom is 0.420 e. The van der Waals surface area contributed by atoms with Gasteiger partial charge in [-0.25, -0.2) is 24.3 Å². The molecule has 3 aromatic rings. The summed E-state index contributed by atoms with van der Waals surface area (Å²) < 4.78 is 12.6. The normalized spacial score (nSPS) is 11.0. The summed E-state index contributed by atoms with van der Waals surface area (Å²) in [5, 5.41) is 0. The number of halogens is 1. The largest absolute Gasteiger partial charge is 0.481 e. The molecule has 0 unspecified atom stereocenters. The maximum atomic E-state index is 12.4. The summed E-state index contributed by atoms with van der Waals surface area (Å²) in [6.45, 7) is 5.44. The van der Waals surface area contributed by atoms with Crippen LogP contribution in [0.1, 0.15) is 32.0 Å². The molecule has 8 heteroatoms. The molecule has 0 bridgehead atoms. The molecule has 0 spiro atoms. The minimum atomic E-state index is -0.594. The van der Waals surface area contributed by atoms with Gasteiger partial charge in [0.1, 0.15) is 16.8 Å².